The Kier molecular flexibility index (Phi) is 4.55. The van der Waals surface area contributed by atoms with Crippen molar-refractivity contribution in [1.82, 2.24) is 24.8 Å². The molecule has 0 fully saturated rings. The van der Waals surface area contributed by atoms with Gasteiger partial charge in [0.05, 0.1) is 11.4 Å². The van der Waals surface area contributed by atoms with Crippen molar-refractivity contribution in [3.05, 3.63) is 75.5 Å². The maximum absolute atomic E-state index is 12.1. The summed E-state index contributed by atoms with van der Waals surface area (Å²) >= 11 is 1.44. The molecule has 2 aromatic heterocycles. The van der Waals surface area contributed by atoms with E-state index >= 15 is 0 Å². The van der Waals surface area contributed by atoms with Crippen LogP contribution in [0.5, 0.6) is 5.19 Å². The first-order chi connectivity index (χ1) is 13.1. The Labute approximate surface area is 159 Å². The van der Waals surface area contributed by atoms with Gasteiger partial charge >= 0.3 is 5.69 Å². The van der Waals surface area contributed by atoms with Crippen molar-refractivity contribution in [2.24, 2.45) is 7.05 Å². The highest BCUT2D eigenvalue weighted by Gasteiger charge is 2.12. The second kappa shape index (κ2) is 7.16. The standard InChI is InChI=1S/C19H17N5O2S/c1-13-7-9-14(10-8-13)16-12-27-18(20-16)26-11-15-5-3-4-6-17(15)24-19(25)23(2)21-22-24/h3-10,12H,11H2,1-2H3. The van der Waals surface area contributed by atoms with Gasteiger partial charge in [-0.15, -0.1) is 0 Å². The lowest BCUT2D eigenvalue weighted by atomic mass is 10.1. The third-order valence-corrected chi connectivity index (χ3v) is 4.87. The molecule has 0 radical (unpaired) electrons. The fraction of sp³-hybridized carbons (Fsp3) is 0.158. The first-order valence-corrected chi connectivity index (χ1v) is 9.22. The summed E-state index contributed by atoms with van der Waals surface area (Å²) in [5, 5.41) is 10.2. The van der Waals surface area contributed by atoms with Gasteiger partial charge in [-0.05, 0) is 23.4 Å². The minimum absolute atomic E-state index is 0.278. The Morgan fingerprint density at radius 1 is 1.07 bits per heavy atom. The van der Waals surface area contributed by atoms with Crippen LogP contribution < -0.4 is 10.4 Å². The molecule has 2 aromatic carbocycles. The third kappa shape index (κ3) is 3.52. The molecule has 0 spiro atoms. The van der Waals surface area contributed by atoms with E-state index in [1.54, 1.807) is 7.05 Å². The van der Waals surface area contributed by atoms with Crippen LogP contribution in [0.3, 0.4) is 0 Å². The van der Waals surface area contributed by atoms with Crippen molar-refractivity contribution in [1.29, 1.82) is 0 Å². The largest absolute Gasteiger partial charge is 0.465 e. The molecule has 0 unspecified atom stereocenters. The van der Waals surface area contributed by atoms with E-state index in [0.717, 1.165) is 16.8 Å². The summed E-state index contributed by atoms with van der Waals surface area (Å²) in [6.07, 6.45) is 0. The van der Waals surface area contributed by atoms with Gasteiger partial charge in [0, 0.05) is 23.6 Å². The number of aryl methyl sites for hydroxylation is 2. The summed E-state index contributed by atoms with van der Waals surface area (Å²) in [5.74, 6) is 0. The summed E-state index contributed by atoms with van der Waals surface area (Å²) in [6.45, 7) is 2.33. The average molecular weight is 379 g/mol. The van der Waals surface area contributed by atoms with E-state index in [9.17, 15) is 4.79 Å². The molecule has 0 amide bonds. The second-order valence-corrected chi connectivity index (χ2v) is 6.90. The van der Waals surface area contributed by atoms with Crippen LogP contribution in [0.25, 0.3) is 16.9 Å². The number of para-hydroxylation sites is 1. The molecule has 0 bridgehead atoms. The van der Waals surface area contributed by atoms with Crippen LogP contribution in [0, 0.1) is 6.92 Å². The number of tetrazole rings is 1. The Balaban J connectivity index is 1.54. The first kappa shape index (κ1) is 17.2. The van der Waals surface area contributed by atoms with Crippen molar-refractivity contribution in [2.75, 3.05) is 0 Å². The third-order valence-electron chi connectivity index (χ3n) is 4.12. The number of nitrogens with zero attached hydrogens (tertiary/aromatic N) is 5. The van der Waals surface area contributed by atoms with E-state index in [-0.39, 0.29) is 12.3 Å². The second-order valence-electron chi connectivity index (χ2n) is 6.08. The SMILES string of the molecule is Cc1ccc(-c2csc(OCc3ccccc3-n3nnn(C)c3=O)n2)cc1. The summed E-state index contributed by atoms with van der Waals surface area (Å²) in [5.41, 5.74) is 4.31. The van der Waals surface area contributed by atoms with E-state index < -0.39 is 0 Å². The Morgan fingerprint density at radius 3 is 2.59 bits per heavy atom. The molecule has 0 aliphatic rings. The number of aromatic nitrogens is 5. The van der Waals surface area contributed by atoms with Gasteiger partial charge in [-0.3, -0.25) is 0 Å². The number of hydrogen-bond donors (Lipinski definition) is 0. The molecule has 136 valence electrons. The monoisotopic (exact) mass is 379 g/mol. The number of thiazole rings is 1. The highest BCUT2D eigenvalue weighted by atomic mass is 32.1. The topological polar surface area (TPSA) is 74.8 Å². The van der Waals surface area contributed by atoms with Gasteiger partial charge in [-0.2, -0.15) is 9.36 Å². The molecule has 8 heteroatoms. The lowest BCUT2D eigenvalue weighted by Crippen LogP contribution is -2.23. The zero-order valence-electron chi connectivity index (χ0n) is 14.9. The Bertz CT molecular complexity index is 1130. The average Bonchev–Trinajstić information content (AvgIpc) is 3.28. The minimum atomic E-state index is -0.307. The van der Waals surface area contributed by atoms with Gasteiger partial charge in [0.2, 0.25) is 0 Å². The highest BCUT2D eigenvalue weighted by Crippen LogP contribution is 2.27. The van der Waals surface area contributed by atoms with Crippen molar-refractivity contribution in [3.63, 3.8) is 0 Å². The maximum atomic E-state index is 12.1. The van der Waals surface area contributed by atoms with Gasteiger partial charge < -0.3 is 4.74 Å². The molecular formula is C19H17N5O2S. The van der Waals surface area contributed by atoms with E-state index in [4.69, 9.17) is 4.74 Å². The molecule has 0 saturated carbocycles. The van der Waals surface area contributed by atoms with Crippen molar-refractivity contribution in [3.8, 4) is 22.1 Å². The predicted octanol–water partition coefficient (Wildman–Crippen LogP) is 2.98. The van der Waals surface area contributed by atoms with Crippen LogP contribution in [-0.2, 0) is 13.7 Å². The van der Waals surface area contributed by atoms with E-state index in [1.165, 1.54) is 26.3 Å². The molecule has 27 heavy (non-hydrogen) atoms. The zero-order chi connectivity index (χ0) is 18.8. The number of ether oxygens (including phenoxy) is 1. The van der Waals surface area contributed by atoms with Crippen LogP contribution >= 0.6 is 11.3 Å². The number of hydrogen-bond acceptors (Lipinski definition) is 6. The molecule has 0 aliphatic heterocycles. The van der Waals surface area contributed by atoms with E-state index in [2.05, 4.69) is 34.5 Å². The van der Waals surface area contributed by atoms with E-state index in [1.807, 2.05) is 41.8 Å². The minimum Gasteiger partial charge on any atom is -0.465 e. The van der Waals surface area contributed by atoms with Gasteiger partial charge in [0.15, 0.2) is 0 Å². The molecule has 0 saturated heterocycles. The predicted molar refractivity (Wildman–Crippen MR) is 103 cm³/mol. The van der Waals surface area contributed by atoms with Gasteiger partial charge in [-0.1, -0.05) is 59.4 Å². The van der Waals surface area contributed by atoms with Crippen LogP contribution in [0.2, 0.25) is 0 Å². The maximum Gasteiger partial charge on any atom is 0.368 e. The zero-order valence-corrected chi connectivity index (χ0v) is 15.7. The van der Waals surface area contributed by atoms with Crippen molar-refractivity contribution >= 4 is 11.3 Å². The Hall–Kier alpha value is -3.26. The van der Waals surface area contributed by atoms with Crippen LogP contribution in [0.15, 0.2) is 58.7 Å². The van der Waals surface area contributed by atoms with Crippen LogP contribution in [0.1, 0.15) is 11.1 Å². The number of rotatable bonds is 5. The van der Waals surface area contributed by atoms with Crippen molar-refractivity contribution < 1.29 is 4.74 Å². The molecule has 7 nitrogen and oxygen atoms in total. The lowest BCUT2D eigenvalue weighted by Gasteiger charge is -2.08. The molecule has 0 N–H and O–H groups in total. The highest BCUT2D eigenvalue weighted by molar-refractivity contribution is 7.11. The molecule has 4 rings (SSSR count). The first-order valence-electron chi connectivity index (χ1n) is 8.34. The van der Waals surface area contributed by atoms with E-state index in [0.29, 0.717) is 10.9 Å². The fourth-order valence-electron chi connectivity index (χ4n) is 2.62. The molecule has 0 atom stereocenters. The fourth-order valence-corrected chi connectivity index (χ4v) is 3.30. The summed E-state index contributed by atoms with van der Waals surface area (Å²) < 4.78 is 8.31. The molecule has 0 aliphatic carbocycles. The van der Waals surface area contributed by atoms with Gasteiger partial charge in [0.25, 0.3) is 5.19 Å². The van der Waals surface area contributed by atoms with Gasteiger partial charge in [0.1, 0.15) is 6.61 Å². The molecular weight excluding hydrogens is 362 g/mol. The molecule has 4 aromatic rings. The summed E-state index contributed by atoms with van der Waals surface area (Å²) in [6, 6.07) is 15.7. The normalized spacial score (nSPS) is 10.9. The van der Waals surface area contributed by atoms with Crippen molar-refractivity contribution in [2.45, 2.75) is 13.5 Å². The van der Waals surface area contributed by atoms with Crippen LogP contribution in [0.4, 0.5) is 0 Å². The lowest BCUT2D eigenvalue weighted by molar-refractivity contribution is 0.304. The summed E-state index contributed by atoms with van der Waals surface area (Å²) in [4.78, 5) is 16.7. The summed E-state index contributed by atoms with van der Waals surface area (Å²) in [7, 11) is 1.56. The number of benzene rings is 2. The smallest absolute Gasteiger partial charge is 0.368 e. The quantitative estimate of drug-likeness (QED) is 0.533. The molecule has 2 heterocycles. The van der Waals surface area contributed by atoms with Crippen LogP contribution in [-0.4, -0.2) is 24.8 Å². The Morgan fingerprint density at radius 2 is 1.85 bits per heavy atom. The van der Waals surface area contributed by atoms with Gasteiger partial charge in [-0.25, -0.2) is 9.78 Å².